The van der Waals surface area contributed by atoms with Gasteiger partial charge in [0.1, 0.15) is 11.6 Å². The maximum absolute atomic E-state index is 13.4. The number of hydrogen-bond donors (Lipinski definition) is 0. The van der Waals surface area contributed by atoms with Gasteiger partial charge >= 0.3 is 5.97 Å². The Morgan fingerprint density at radius 2 is 2.03 bits per heavy atom. The molecule has 7 nitrogen and oxygen atoms in total. The van der Waals surface area contributed by atoms with Crippen LogP contribution >= 0.6 is 15.9 Å². The standard InChI is InChI=1S/C26H28BrN3O4/c1-3-33-26(32)17(2)34-21-11-7-8-18(14-21)16-28-30-24(19-9-5-4-6-10-19)29-23-13-12-20(27)15-22(23)25(30)31/h7-8,11-17,19H,3-6,9-10H2,1-2H3/t17-/m1/s1. The Morgan fingerprint density at radius 3 is 2.79 bits per heavy atom. The van der Waals surface area contributed by atoms with E-state index >= 15 is 0 Å². The van der Waals surface area contributed by atoms with Gasteiger partial charge in [0, 0.05) is 10.4 Å². The average molecular weight is 526 g/mol. The van der Waals surface area contributed by atoms with E-state index in [1.165, 1.54) is 11.1 Å². The van der Waals surface area contributed by atoms with E-state index in [9.17, 15) is 9.59 Å². The van der Waals surface area contributed by atoms with Crippen molar-refractivity contribution in [1.29, 1.82) is 0 Å². The summed E-state index contributed by atoms with van der Waals surface area (Å²) in [6.07, 6.45) is 6.36. The molecule has 178 valence electrons. The van der Waals surface area contributed by atoms with Gasteiger partial charge in [0.25, 0.3) is 5.56 Å². The molecule has 1 aliphatic rings. The number of rotatable bonds is 7. The lowest BCUT2D eigenvalue weighted by Gasteiger charge is -2.22. The molecule has 0 aliphatic heterocycles. The van der Waals surface area contributed by atoms with Gasteiger partial charge < -0.3 is 9.47 Å². The maximum atomic E-state index is 13.4. The molecule has 1 atom stereocenters. The van der Waals surface area contributed by atoms with Crippen LogP contribution in [-0.4, -0.2) is 34.6 Å². The Labute approximate surface area is 206 Å². The van der Waals surface area contributed by atoms with Crippen LogP contribution in [0.5, 0.6) is 5.75 Å². The van der Waals surface area contributed by atoms with Crippen LogP contribution in [0.1, 0.15) is 63.3 Å². The minimum atomic E-state index is -0.726. The van der Waals surface area contributed by atoms with E-state index in [-0.39, 0.29) is 11.5 Å². The van der Waals surface area contributed by atoms with Crippen LogP contribution in [0.3, 0.4) is 0 Å². The molecule has 4 rings (SSSR count). The van der Waals surface area contributed by atoms with E-state index < -0.39 is 12.1 Å². The first-order chi connectivity index (χ1) is 16.5. The first-order valence-corrected chi connectivity index (χ1v) is 12.5. The Kier molecular flexibility index (Phi) is 7.77. The summed E-state index contributed by atoms with van der Waals surface area (Å²) in [4.78, 5) is 30.2. The predicted molar refractivity (Wildman–Crippen MR) is 136 cm³/mol. The lowest BCUT2D eigenvalue weighted by Crippen LogP contribution is -2.26. The SMILES string of the molecule is CCOC(=O)[C@@H](C)Oc1cccc(C=Nn2c(C3CCCCC3)nc3ccc(Br)cc3c2=O)c1. The van der Waals surface area contributed by atoms with Crippen molar-refractivity contribution in [2.24, 2.45) is 5.10 Å². The van der Waals surface area contributed by atoms with E-state index in [1.807, 2.05) is 24.3 Å². The highest BCUT2D eigenvalue weighted by atomic mass is 79.9. The van der Waals surface area contributed by atoms with Crippen molar-refractivity contribution >= 4 is 39.0 Å². The van der Waals surface area contributed by atoms with Crippen molar-refractivity contribution in [2.45, 2.75) is 58.0 Å². The van der Waals surface area contributed by atoms with Gasteiger partial charge in [-0.2, -0.15) is 9.78 Å². The summed E-state index contributed by atoms with van der Waals surface area (Å²) in [5.74, 6) is 1.01. The summed E-state index contributed by atoms with van der Waals surface area (Å²) in [5.41, 5.74) is 1.24. The molecule has 2 aromatic carbocycles. The molecule has 0 saturated heterocycles. The molecule has 1 aliphatic carbocycles. The van der Waals surface area contributed by atoms with Crippen molar-refractivity contribution in [3.05, 3.63) is 68.7 Å². The second kappa shape index (κ2) is 11.0. The van der Waals surface area contributed by atoms with Crippen LogP contribution in [0.15, 0.2) is 56.8 Å². The van der Waals surface area contributed by atoms with Crippen molar-refractivity contribution in [1.82, 2.24) is 9.66 Å². The zero-order chi connectivity index (χ0) is 24.1. The topological polar surface area (TPSA) is 82.8 Å². The summed E-state index contributed by atoms with van der Waals surface area (Å²) < 4.78 is 13.0. The highest BCUT2D eigenvalue weighted by Crippen LogP contribution is 2.32. The number of ether oxygens (including phenoxy) is 2. The quantitative estimate of drug-likeness (QED) is 0.303. The van der Waals surface area contributed by atoms with Gasteiger partial charge in [-0.3, -0.25) is 4.79 Å². The average Bonchev–Trinajstić information content (AvgIpc) is 2.84. The van der Waals surface area contributed by atoms with Crippen LogP contribution in [0.2, 0.25) is 0 Å². The van der Waals surface area contributed by atoms with Gasteiger partial charge in [-0.05, 0) is 62.6 Å². The molecule has 8 heteroatoms. The Balaban J connectivity index is 1.68. The van der Waals surface area contributed by atoms with Crippen molar-refractivity contribution < 1.29 is 14.3 Å². The largest absolute Gasteiger partial charge is 0.479 e. The predicted octanol–water partition coefficient (Wildman–Crippen LogP) is 5.42. The van der Waals surface area contributed by atoms with E-state index in [4.69, 9.17) is 14.5 Å². The number of esters is 1. The molecular weight excluding hydrogens is 498 g/mol. The molecule has 0 radical (unpaired) electrons. The lowest BCUT2D eigenvalue weighted by molar-refractivity contribution is -0.150. The number of hydrogen-bond acceptors (Lipinski definition) is 6. The fourth-order valence-electron chi connectivity index (χ4n) is 4.21. The molecule has 0 bridgehead atoms. The molecule has 1 heterocycles. The van der Waals surface area contributed by atoms with Crippen molar-refractivity contribution in [2.75, 3.05) is 6.61 Å². The number of fused-ring (bicyclic) bond motifs is 1. The molecule has 34 heavy (non-hydrogen) atoms. The second-order valence-corrected chi connectivity index (χ2v) is 9.33. The molecule has 0 spiro atoms. The van der Waals surface area contributed by atoms with Gasteiger partial charge in [-0.25, -0.2) is 9.78 Å². The molecule has 1 saturated carbocycles. The first kappa shape index (κ1) is 24.1. The van der Waals surface area contributed by atoms with E-state index in [1.54, 1.807) is 38.3 Å². The molecule has 0 unspecified atom stereocenters. The fourth-order valence-corrected chi connectivity index (χ4v) is 4.57. The van der Waals surface area contributed by atoms with Crippen molar-refractivity contribution in [3.8, 4) is 5.75 Å². The molecule has 0 N–H and O–H groups in total. The third-order valence-electron chi connectivity index (χ3n) is 5.92. The van der Waals surface area contributed by atoms with E-state index in [2.05, 4.69) is 21.0 Å². The first-order valence-electron chi connectivity index (χ1n) is 11.7. The third-order valence-corrected chi connectivity index (χ3v) is 6.41. The number of halogens is 1. The third kappa shape index (κ3) is 5.55. The molecular formula is C26H28BrN3O4. The van der Waals surface area contributed by atoms with Crippen LogP contribution in [0, 0.1) is 0 Å². The van der Waals surface area contributed by atoms with Crippen LogP contribution in [-0.2, 0) is 9.53 Å². The van der Waals surface area contributed by atoms with Crippen LogP contribution in [0.4, 0.5) is 0 Å². The summed E-state index contributed by atoms with van der Waals surface area (Å²) in [6, 6.07) is 12.8. The van der Waals surface area contributed by atoms with E-state index in [0.717, 1.165) is 35.7 Å². The number of carbonyl (C=O) groups is 1. The minimum absolute atomic E-state index is 0.188. The zero-order valence-corrected chi connectivity index (χ0v) is 21.0. The Bertz CT molecular complexity index is 1260. The van der Waals surface area contributed by atoms with Crippen molar-refractivity contribution in [3.63, 3.8) is 0 Å². The molecule has 1 fully saturated rings. The number of nitrogens with zero attached hydrogens (tertiary/aromatic N) is 3. The minimum Gasteiger partial charge on any atom is -0.479 e. The van der Waals surface area contributed by atoms with Gasteiger partial charge in [-0.15, -0.1) is 0 Å². The summed E-state index contributed by atoms with van der Waals surface area (Å²) in [5, 5.41) is 5.09. The van der Waals surface area contributed by atoms with Gasteiger partial charge in [0.15, 0.2) is 6.10 Å². The van der Waals surface area contributed by atoms with Gasteiger partial charge in [0.2, 0.25) is 0 Å². The zero-order valence-electron chi connectivity index (χ0n) is 19.4. The fraction of sp³-hybridized carbons (Fsp3) is 0.385. The lowest BCUT2D eigenvalue weighted by atomic mass is 9.88. The maximum Gasteiger partial charge on any atom is 0.347 e. The van der Waals surface area contributed by atoms with Gasteiger partial charge in [0.05, 0.1) is 23.7 Å². The van der Waals surface area contributed by atoms with Crippen LogP contribution in [0.25, 0.3) is 10.9 Å². The summed E-state index contributed by atoms with van der Waals surface area (Å²) in [6.45, 7) is 3.70. The van der Waals surface area contributed by atoms with Gasteiger partial charge in [-0.1, -0.05) is 47.3 Å². The summed E-state index contributed by atoms with van der Waals surface area (Å²) >= 11 is 3.45. The van der Waals surface area contributed by atoms with Crippen LogP contribution < -0.4 is 10.3 Å². The number of benzene rings is 2. The highest BCUT2D eigenvalue weighted by Gasteiger charge is 2.22. The normalized spacial score (nSPS) is 15.5. The molecule has 0 amide bonds. The smallest absolute Gasteiger partial charge is 0.347 e. The highest BCUT2D eigenvalue weighted by molar-refractivity contribution is 9.10. The number of carbonyl (C=O) groups excluding carboxylic acids is 1. The molecule has 1 aromatic heterocycles. The number of aromatic nitrogens is 2. The molecule has 3 aromatic rings. The summed E-state index contributed by atoms with van der Waals surface area (Å²) in [7, 11) is 0. The Morgan fingerprint density at radius 1 is 1.24 bits per heavy atom. The second-order valence-electron chi connectivity index (χ2n) is 8.41. The monoisotopic (exact) mass is 525 g/mol. The Hall–Kier alpha value is -3.00. The van der Waals surface area contributed by atoms with E-state index in [0.29, 0.717) is 29.1 Å².